The minimum atomic E-state index is -1.77. The van der Waals surface area contributed by atoms with Crippen LogP contribution in [0.5, 0.6) is 28.7 Å². The molecule has 3 heterocycles. The van der Waals surface area contributed by atoms with Gasteiger partial charge in [-0.2, -0.15) is 0 Å². The first-order chi connectivity index (χ1) is 20.4. The number of phenolic OH excluding ortho intramolecular Hbond substituents is 2. The summed E-state index contributed by atoms with van der Waals surface area (Å²) in [6.07, 6.45) is -15.9. The molecule has 0 aliphatic carbocycles. The minimum Gasteiger partial charge on any atom is -0.507 e. The number of ether oxygens (including phenoxy) is 6. The molecule has 0 bridgehead atoms. The molecule has 2 fully saturated rings. The minimum absolute atomic E-state index is 0.0457. The molecular formula is C28H34O15. The van der Waals surface area contributed by atoms with Gasteiger partial charge in [-0.05, 0) is 24.6 Å². The fourth-order valence-corrected chi connectivity index (χ4v) is 5.20. The molecule has 8 N–H and O–H groups in total. The van der Waals surface area contributed by atoms with Gasteiger partial charge in [0.05, 0.1) is 26.2 Å². The van der Waals surface area contributed by atoms with Crippen molar-refractivity contribution in [3.05, 3.63) is 41.5 Å². The van der Waals surface area contributed by atoms with Crippen molar-refractivity contribution >= 4 is 5.78 Å². The predicted octanol–water partition coefficient (Wildman–Crippen LogP) is -1.16. The molecule has 0 radical (unpaired) electrons. The van der Waals surface area contributed by atoms with Gasteiger partial charge in [-0.1, -0.05) is 6.07 Å². The number of fused-ring (bicyclic) bond motifs is 1. The van der Waals surface area contributed by atoms with E-state index in [1.807, 2.05) is 0 Å². The van der Waals surface area contributed by atoms with Gasteiger partial charge in [0.25, 0.3) is 0 Å². The maximum atomic E-state index is 12.9. The van der Waals surface area contributed by atoms with E-state index in [1.54, 1.807) is 6.07 Å². The zero-order valence-corrected chi connectivity index (χ0v) is 23.1. The smallest absolute Gasteiger partial charge is 0.229 e. The van der Waals surface area contributed by atoms with Crippen LogP contribution in [0, 0.1) is 0 Å². The first kappa shape index (κ1) is 31.2. The highest BCUT2D eigenvalue weighted by molar-refractivity contribution is 6.02. The summed E-state index contributed by atoms with van der Waals surface area (Å²) in [6.45, 7) is 0.964. The number of Topliss-reactive ketones (excluding diaryl/α,β-unsaturated/α-hetero) is 1. The van der Waals surface area contributed by atoms with Crippen molar-refractivity contribution in [2.45, 2.75) is 80.9 Å². The molecule has 0 spiro atoms. The van der Waals surface area contributed by atoms with Gasteiger partial charge in [-0.15, -0.1) is 0 Å². The number of rotatable bonds is 7. The molecule has 236 valence electrons. The molecule has 15 nitrogen and oxygen atoms in total. The standard InChI is InChI=1S/C28H34O15/c1-10-21(32)23(34)25(36)27(40-10)39-9-19-22(33)24(35)26(37)28(43-19)41-12-6-14(30)20-15(31)8-17(42-18(20)7-12)11-3-4-16(38-2)13(29)5-11/h3-7,10,17,19,21-30,32-37H,8-9H2,1-2H3/t10-,17-,19+,21+,22-,23-,24-,25-,26-,27+,28+/m0/s1. The molecule has 2 aromatic carbocycles. The third-order valence-electron chi connectivity index (χ3n) is 7.70. The number of phenols is 2. The van der Waals surface area contributed by atoms with Crippen molar-refractivity contribution in [3.8, 4) is 28.7 Å². The maximum absolute atomic E-state index is 12.9. The molecule has 0 saturated carbocycles. The van der Waals surface area contributed by atoms with Crippen LogP contribution in [0.1, 0.15) is 35.4 Å². The summed E-state index contributed by atoms with van der Waals surface area (Å²) in [6, 6.07) is 6.90. The van der Waals surface area contributed by atoms with E-state index in [0.29, 0.717) is 5.56 Å². The van der Waals surface area contributed by atoms with Crippen molar-refractivity contribution in [2.24, 2.45) is 0 Å². The van der Waals surface area contributed by atoms with E-state index < -0.39 is 85.7 Å². The summed E-state index contributed by atoms with van der Waals surface area (Å²) in [5, 5.41) is 82.2. The molecule has 0 amide bonds. The van der Waals surface area contributed by atoms with Crippen molar-refractivity contribution in [1.82, 2.24) is 0 Å². The average Bonchev–Trinajstić information content (AvgIpc) is 2.97. The van der Waals surface area contributed by atoms with Crippen LogP contribution in [-0.2, 0) is 14.2 Å². The molecule has 0 unspecified atom stereocenters. The van der Waals surface area contributed by atoms with Gasteiger partial charge in [-0.3, -0.25) is 4.79 Å². The predicted molar refractivity (Wildman–Crippen MR) is 141 cm³/mol. The number of aliphatic hydroxyl groups is 6. The second-order valence-corrected chi connectivity index (χ2v) is 10.6. The van der Waals surface area contributed by atoms with Gasteiger partial charge in [0, 0.05) is 12.1 Å². The van der Waals surface area contributed by atoms with E-state index in [1.165, 1.54) is 32.2 Å². The van der Waals surface area contributed by atoms with E-state index in [2.05, 4.69) is 0 Å². The highest BCUT2D eigenvalue weighted by Gasteiger charge is 2.47. The Balaban J connectivity index is 1.30. The Kier molecular flexibility index (Phi) is 8.99. The van der Waals surface area contributed by atoms with E-state index in [-0.39, 0.29) is 35.0 Å². The summed E-state index contributed by atoms with van der Waals surface area (Å²) in [5.41, 5.74) is 0.373. The SMILES string of the molecule is COc1ccc([C@@H]2CC(=O)c3c(O)cc(O[C@@H]4O[C@H](CO[C@@H]5O[C@@H](C)[C@@H](O)[C@H](O)[C@@H]5O)[C@H](O)[C@H](O)[C@@H]4O)cc3O2)cc1O. The molecule has 5 rings (SSSR count). The molecule has 2 saturated heterocycles. The first-order valence-corrected chi connectivity index (χ1v) is 13.5. The Morgan fingerprint density at radius 2 is 1.53 bits per heavy atom. The maximum Gasteiger partial charge on any atom is 0.229 e. The first-order valence-electron chi connectivity index (χ1n) is 13.5. The summed E-state index contributed by atoms with van der Waals surface area (Å²) in [7, 11) is 1.39. The number of benzene rings is 2. The van der Waals surface area contributed by atoms with Crippen molar-refractivity contribution in [1.29, 1.82) is 0 Å². The van der Waals surface area contributed by atoms with Gasteiger partial charge in [0.2, 0.25) is 6.29 Å². The van der Waals surface area contributed by atoms with Crippen LogP contribution in [0.3, 0.4) is 0 Å². The monoisotopic (exact) mass is 610 g/mol. The lowest BCUT2D eigenvalue weighted by Gasteiger charge is -2.42. The van der Waals surface area contributed by atoms with Gasteiger partial charge in [0.1, 0.15) is 71.6 Å². The number of carbonyl (C=O) groups is 1. The lowest BCUT2D eigenvalue weighted by Crippen LogP contribution is -2.61. The van der Waals surface area contributed by atoms with E-state index in [0.717, 1.165) is 6.07 Å². The topological polar surface area (TPSA) is 234 Å². The largest absolute Gasteiger partial charge is 0.507 e. The molecule has 43 heavy (non-hydrogen) atoms. The Hall–Kier alpha value is -3.25. The van der Waals surface area contributed by atoms with Gasteiger partial charge < -0.3 is 69.3 Å². The van der Waals surface area contributed by atoms with Crippen LogP contribution >= 0.6 is 0 Å². The zero-order valence-electron chi connectivity index (χ0n) is 23.1. The van der Waals surface area contributed by atoms with Crippen LogP contribution in [0.2, 0.25) is 0 Å². The fraction of sp³-hybridized carbons (Fsp3) is 0.536. The molecule has 15 heteroatoms. The highest BCUT2D eigenvalue weighted by Crippen LogP contribution is 2.43. The van der Waals surface area contributed by atoms with Crippen LogP contribution < -0.4 is 14.2 Å². The molecular weight excluding hydrogens is 576 g/mol. The van der Waals surface area contributed by atoms with E-state index in [9.17, 15) is 45.6 Å². The van der Waals surface area contributed by atoms with Gasteiger partial charge in [-0.25, -0.2) is 0 Å². The van der Waals surface area contributed by atoms with Gasteiger partial charge >= 0.3 is 0 Å². The summed E-state index contributed by atoms with van der Waals surface area (Å²) in [4.78, 5) is 12.9. The van der Waals surface area contributed by atoms with E-state index in [4.69, 9.17) is 28.4 Å². The number of ketones is 1. The Morgan fingerprint density at radius 3 is 2.23 bits per heavy atom. The molecule has 0 aromatic heterocycles. The Bertz CT molecular complexity index is 1320. The molecule has 11 atom stereocenters. The summed E-state index contributed by atoms with van der Waals surface area (Å²) >= 11 is 0. The number of aromatic hydroxyl groups is 2. The third kappa shape index (κ3) is 6.08. The summed E-state index contributed by atoms with van der Waals surface area (Å²) < 4.78 is 33.1. The van der Waals surface area contributed by atoms with Crippen LogP contribution in [0.25, 0.3) is 0 Å². The Morgan fingerprint density at radius 1 is 0.837 bits per heavy atom. The summed E-state index contributed by atoms with van der Waals surface area (Å²) in [5.74, 6) is -0.999. The number of hydrogen-bond donors (Lipinski definition) is 8. The van der Waals surface area contributed by atoms with Crippen molar-refractivity contribution < 1.29 is 74.1 Å². The third-order valence-corrected chi connectivity index (χ3v) is 7.70. The van der Waals surface area contributed by atoms with Crippen LogP contribution in [0.4, 0.5) is 0 Å². The fourth-order valence-electron chi connectivity index (χ4n) is 5.20. The highest BCUT2D eigenvalue weighted by atomic mass is 16.7. The number of methoxy groups -OCH3 is 1. The van der Waals surface area contributed by atoms with Crippen molar-refractivity contribution in [2.75, 3.05) is 13.7 Å². The quantitative estimate of drug-likeness (QED) is 0.185. The lowest BCUT2D eigenvalue weighted by atomic mass is 9.95. The number of carbonyl (C=O) groups excluding carboxylic acids is 1. The molecule has 2 aromatic rings. The Labute approximate surface area is 245 Å². The number of aliphatic hydroxyl groups excluding tert-OH is 6. The lowest BCUT2D eigenvalue weighted by molar-refractivity contribution is -0.318. The second-order valence-electron chi connectivity index (χ2n) is 10.6. The second kappa shape index (κ2) is 12.4. The van der Waals surface area contributed by atoms with Crippen molar-refractivity contribution in [3.63, 3.8) is 0 Å². The van der Waals surface area contributed by atoms with Gasteiger partial charge in [0.15, 0.2) is 23.6 Å². The number of hydrogen-bond acceptors (Lipinski definition) is 15. The normalized spacial score (nSPS) is 36.0. The molecule has 3 aliphatic heterocycles. The van der Waals surface area contributed by atoms with Crippen LogP contribution in [-0.4, -0.2) is 122 Å². The average molecular weight is 611 g/mol. The van der Waals surface area contributed by atoms with E-state index >= 15 is 0 Å². The van der Waals surface area contributed by atoms with Crippen LogP contribution in [0.15, 0.2) is 30.3 Å². The zero-order chi connectivity index (χ0) is 31.2. The molecule has 3 aliphatic rings.